The van der Waals surface area contributed by atoms with Gasteiger partial charge in [0.1, 0.15) is 0 Å². The van der Waals surface area contributed by atoms with Gasteiger partial charge < -0.3 is 0 Å². The number of hydrogen-bond acceptors (Lipinski definition) is 0. The van der Waals surface area contributed by atoms with Gasteiger partial charge in [0, 0.05) is 0 Å². The molecule has 0 fully saturated rings. The topological polar surface area (TPSA) is 0 Å². The van der Waals surface area contributed by atoms with Crippen LogP contribution in [0.25, 0.3) is 12.2 Å². The van der Waals surface area contributed by atoms with Crippen molar-refractivity contribution in [2.45, 2.75) is 22.9 Å². The summed E-state index contributed by atoms with van der Waals surface area (Å²) in [4.78, 5) is 0. The molecular formula is C20H17Cl2Zr. The van der Waals surface area contributed by atoms with Gasteiger partial charge in [0.15, 0.2) is 0 Å². The molecule has 0 bridgehead atoms. The van der Waals surface area contributed by atoms with Crippen LogP contribution in [0.2, 0.25) is 3.63 Å². The Bertz CT molecular complexity index is 805. The van der Waals surface area contributed by atoms with Gasteiger partial charge in [-0.15, -0.1) is 0 Å². The van der Waals surface area contributed by atoms with Gasteiger partial charge in [-0.2, -0.15) is 0 Å². The van der Waals surface area contributed by atoms with Crippen LogP contribution in [0.15, 0.2) is 59.7 Å². The molecule has 4 rings (SSSR count). The summed E-state index contributed by atoms with van der Waals surface area (Å²) in [6.45, 7) is 0. The van der Waals surface area contributed by atoms with Crippen molar-refractivity contribution in [3.05, 3.63) is 81.9 Å². The van der Waals surface area contributed by atoms with E-state index in [9.17, 15) is 0 Å². The van der Waals surface area contributed by atoms with E-state index in [-0.39, 0.29) is 0 Å². The summed E-state index contributed by atoms with van der Waals surface area (Å²) in [5, 5.41) is 0. The number of halogens is 2. The van der Waals surface area contributed by atoms with E-state index in [1.165, 1.54) is 33.4 Å². The van der Waals surface area contributed by atoms with Gasteiger partial charge in [0.05, 0.1) is 0 Å². The van der Waals surface area contributed by atoms with Crippen LogP contribution < -0.4 is 0 Å². The van der Waals surface area contributed by atoms with Gasteiger partial charge in [-0.1, -0.05) is 0 Å². The van der Waals surface area contributed by atoms with Crippen molar-refractivity contribution in [2.75, 3.05) is 0 Å². The Balaban J connectivity index is 1.55. The van der Waals surface area contributed by atoms with Gasteiger partial charge in [-0.05, 0) is 0 Å². The zero-order valence-corrected chi connectivity index (χ0v) is 16.7. The van der Waals surface area contributed by atoms with Gasteiger partial charge in [-0.25, -0.2) is 0 Å². The molecule has 0 radical (unpaired) electrons. The van der Waals surface area contributed by atoms with Crippen LogP contribution in [-0.2, 0) is 32.2 Å². The molecule has 0 N–H and O–H groups in total. The van der Waals surface area contributed by atoms with Crippen molar-refractivity contribution in [3.63, 3.8) is 0 Å². The van der Waals surface area contributed by atoms with Crippen molar-refractivity contribution >= 4 is 29.2 Å². The van der Waals surface area contributed by atoms with E-state index in [4.69, 9.17) is 17.0 Å². The van der Waals surface area contributed by atoms with E-state index < -0.39 is 19.4 Å². The van der Waals surface area contributed by atoms with Crippen molar-refractivity contribution in [3.8, 4) is 0 Å². The Morgan fingerprint density at radius 3 is 2.04 bits per heavy atom. The van der Waals surface area contributed by atoms with E-state index in [0.717, 1.165) is 19.3 Å². The van der Waals surface area contributed by atoms with Crippen molar-refractivity contribution in [1.82, 2.24) is 0 Å². The van der Waals surface area contributed by atoms with Crippen LogP contribution in [0.4, 0.5) is 0 Å². The molecule has 115 valence electrons. The number of benzene rings is 2. The second kappa shape index (κ2) is 6.71. The minimum atomic E-state index is -2.38. The average molecular weight is 419 g/mol. The third kappa shape index (κ3) is 3.29. The fourth-order valence-electron chi connectivity index (χ4n) is 3.62. The first-order chi connectivity index (χ1) is 11.2. The quantitative estimate of drug-likeness (QED) is 0.540. The third-order valence-electron chi connectivity index (χ3n) is 4.80. The number of rotatable bonds is 4. The Kier molecular flexibility index (Phi) is 4.64. The summed E-state index contributed by atoms with van der Waals surface area (Å²) in [7, 11) is 13.1. The molecule has 1 atom stereocenters. The fourth-order valence-corrected chi connectivity index (χ4v) is 8.36. The molecular weight excluding hydrogens is 402 g/mol. The zero-order valence-electron chi connectivity index (χ0n) is 12.7. The van der Waals surface area contributed by atoms with Crippen LogP contribution in [-0.4, -0.2) is 0 Å². The van der Waals surface area contributed by atoms with Crippen LogP contribution in [0.3, 0.4) is 0 Å². The molecule has 0 spiro atoms. The Labute approximate surface area is 152 Å². The first-order valence-electron chi connectivity index (χ1n) is 7.94. The molecule has 0 heterocycles. The molecule has 0 aliphatic heterocycles. The van der Waals surface area contributed by atoms with E-state index in [0.29, 0.717) is 3.63 Å². The molecule has 2 aromatic rings. The van der Waals surface area contributed by atoms with Crippen LogP contribution in [0.5, 0.6) is 0 Å². The van der Waals surface area contributed by atoms with E-state index >= 15 is 0 Å². The Morgan fingerprint density at radius 2 is 1.43 bits per heavy atom. The van der Waals surface area contributed by atoms with Crippen LogP contribution in [0, 0.1) is 0 Å². The normalized spacial score (nSPS) is 16.4. The summed E-state index contributed by atoms with van der Waals surface area (Å²) in [6, 6.07) is 17.3. The van der Waals surface area contributed by atoms with E-state index in [2.05, 4.69) is 60.7 Å². The molecule has 1 unspecified atom stereocenters. The molecule has 0 nitrogen and oxygen atoms in total. The third-order valence-corrected chi connectivity index (χ3v) is 10.6. The maximum absolute atomic E-state index is 6.55. The summed E-state index contributed by atoms with van der Waals surface area (Å²) >= 11 is -2.38. The molecule has 0 saturated heterocycles. The summed E-state index contributed by atoms with van der Waals surface area (Å²) in [5.74, 6) is 0. The number of fused-ring (bicyclic) bond motifs is 2. The van der Waals surface area contributed by atoms with E-state index in [1.807, 2.05) is 0 Å². The van der Waals surface area contributed by atoms with Crippen LogP contribution >= 0.6 is 17.0 Å². The van der Waals surface area contributed by atoms with E-state index in [1.54, 1.807) is 0 Å². The molecule has 0 amide bonds. The summed E-state index contributed by atoms with van der Waals surface area (Å²) in [5.41, 5.74) is 8.47. The van der Waals surface area contributed by atoms with Gasteiger partial charge in [-0.3, -0.25) is 0 Å². The monoisotopic (exact) mass is 417 g/mol. The molecule has 2 aliphatic rings. The molecule has 0 saturated carbocycles. The second-order valence-electron chi connectivity index (χ2n) is 6.32. The van der Waals surface area contributed by atoms with Crippen LogP contribution in [0.1, 0.15) is 28.7 Å². The fraction of sp³-hybridized carbons (Fsp3) is 0.200. The summed E-state index contributed by atoms with van der Waals surface area (Å²) in [6.07, 6.45) is 7.76. The van der Waals surface area contributed by atoms with Gasteiger partial charge >= 0.3 is 153 Å². The predicted molar refractivity (Wildman–Crippen MR) is 96.3 cm³/mol. The number of hydrogen-bond donors (Lipinski definition) is 0. The van der Waals surface area contributed by atoms with Crippen molar-refractivity contribution in [1.29, 1.82) is 0 Å². The standard InChI is InChI=1S/C20H17.2ClH.Zr/c1-2-6-18-12-15(11-17(18)5-1)9-10-16-13-19-7-3-4-8-20(19)14-16;;;/h1-9,11,13H,10,12,14H2;2*1H;/q;;;+2/p-2. The number of allylic oxidation sites excluding steroid dienone is 2. The predicted octanol–water partition coefficient (Wildman–Crippen LogP) is 6.37. The SMILES string of the molecule is [Cl][Zr]([Cl])[CH](CC1=Cc2ccccc2C1)C1=Cc2ccccc2C1. The molecule has 2 aliphatic carbocycles. The van der Waals surface area contributed by atoms with Gasteiger partial charge in [0.2, 0.25) is 0 Å². The van der Waals surface area contributed by atoms with Crippen molar-refractivity contribution < 1.29 is 19.4 Å². The first-order valence-corrected chi connectivity index (χ1v) is 15.7. The Hall–Kier alpha value is -0.617. The minimum absolute atomic E-state index is 0.383. The molecule has 2 aromatic carbocycles. The molecule has 23 heavy (non-hydrogen) atoms. The van der Waals surface area contributed by atoms with Crippen molar-refractivity contribution in [2.24, 2.45) is 0 Å². The second-order valence-corrected chi connectivity index (χ2v) is 15.4. The van der Waals surface area contributed by atoms with Gasteiger partial charge in [0.25, 0.3) is 0 Å². The Morgan fingerprint density at radius 1 is 0.826 bits per heavy atom. The zero-order chi connectivity index (χ0) is 15.8. The average Bonchev–Trinajstić information content (AvgIpc) is 3.15. The summed E-state index contributed by atoms with van der Waals surface area (Å²) < 4.78 is 0.383. The molecule has 0 aromatic heterocycles. The molecule has 3 heteroatoms. The maximum atomic E-state index is 6.55. The first kappa shape index (κ1) is 15.9.